The van der Waals surface area contributed by atoms with Gasteiger partial charge in [-0.05, 0) is 42.0 Å². The van der Waals surface area contributed by atoms with Crippen molar-refractivity contribution in [2.45, 2.75) is 0 Å². The number of carbonyl (C=O) groups excluding carboxylic acids is 1. The molecule has 0 bridgehead atoms. The molecule has 160 valence electrons. The molecular weight excluding hydrogens is 404 g/mol. The fraction of sp³-hybridized carbons (Fsp3) is 0.154. The summed E-state index contributed by atoms with van der Waals surface area (Å²) >= 11 is 0. The first kappa shape index (κ1) is 21.0. The molecule has 0 saturated heterocycles. The maximum absolute atomic E-state index is 13.1. The Bertz CT molecular complexity index is 1130. The van der Waals surface area contributed by atoms with Crippen molar-refractivity contribution in [2.75, 3.05) is 31.3 Å². The minimum atomic E-state index is -0.205. The summed E-state index contributed by atoms with van der Waals surface area (Å²) < 4.78 is 16.9. The molecular formula is C26H22N2O4. The van der Waals surface area contributed by atoms with Crippen LogP contribution in [-0.2, 0) is 4.79 Å². The van der Waals surface area contributed by atoms with Crippen molar-refractivity contribution in [3.8, 4) is 23.3 Å². The third kappa shape index (κ3) is 5.27. The number of hydrogen-bond donors (Lipinski definition) is 0. The number of rotatable bonds is 7. The van der Waals surface area contributed by atoms with Crippen LogP contribution in [0.25, 0.3) is 6.08 Å². The lowest BCUT2D eigenvalue weighted by molar-refractivity contribution is -0.120. The number of ether oxygens (including phenoxy) is 3. The van der Waals surface area contributed by atoms with Gasteiger partial charge in [-0.2, -0.15) is 5.26 Å². The van der Waals surface area contributed by atoms with Crippen molar-refractivity contribution in [3.63, 3.8) is 0 Å². The first-order valence-electron chi connectivity index (χ1n) is 10.3. The second kappa shape index (κ2) is 10.2. The van der Waals surface area contributed by atoms with Crippen LogP contribution < -0.4 is 19.1 Å². The van der Waals surface area contributed by atoms with Gasteiger partial charge < -0.3 is 19.1 Å². The van der Waals surface area contributed by atoms with Gasteiger partial charge in [0.05, 0.1) is 11.6 Å². The molecule has 0 aromatic heterocycles. The number of hydrogen-bond acceptors (Lipinski definition) is 5. The van der Waals surface area contributed by atoms with E-state index >= 15 is 0 Å². The summed E-state index contributed by atoms with van der Waals surface area (Å²) in [5.41, 5.74) is 2.28. The molecule has 1 aliphatic rings. The Morgan fingerprint density at radius 1 is 1.00 bits per heavy atom. The number of nitrogens with zero attached hydrogens (tertiary/aromatic N) is 2. The molecule has 1 aliphatic heterocycles. The van der Waals surface area contributed by atoms with Crippen molar-refractivity contribution in [1.82, 2.24) is 0 Å². The largest absolute Gasteiger partial charge is 0.486 e. The van der Waals surface area contributed by atoms with Gasteiger partial charge in [0.1, 0.15) is 19.0 Å². The van der Waals surface area contributed by atoms with E-state index in [0.717, 1.165) is 5.56 Å². The van der Waals surface area contributed by atoms with Crippen LogP contribution in [0.5, 0.6) is 17.2 Å². The van der Waals surface area contributed by atoms with Crippen molar-refractivity contribution in [1.29, 1.82) is 5.26 Å². The first-order valence-corrected chi connectivity index (χ1v) is 10.3. The van der Waals surface area contributed by atoms with Crippen LogP contribution in [0.3, 0.4) is 0 Å². The van der Waals surface area contributed by atoms with Gasteiger partial charge in [-0.1, -0.05) is 42.5 Å². The summed E-state index contributed by atoms with van der Waals surface area (Å²) in [7, 11) is 0. The molecule has 6 heteroatoms. The fourth-order valence-corrected chi connectivity index (χ4v) is 3.26. The highest BCUT2D eigenvalue weighted by Crippen LogP contribution is 2.34. The maximum Gasteiger partial charge on any atom is 0.265 e. The number of fused-ring (bicyclic) bond motifs is 1. The highest BCUT2D eigenvalue weighted by molar-refractivity contribution is 5.95. The van der Waals surface area contributed by atoms with E-state index in [1.165, 1.54) is 0 Å². The summed E-state index contributed by atoms with van der Waals surface area (Å²) in [4.78, 5) is 14.7. The number of anilines is 1. The lowest BCUT2D eigenvalue weighted by atomic mass is 10.2. The third-order valence-corrected chi connectivity index (χ3v) is 4.88. The second-order valence-electron chi connectivity index (χ2n) is 7.07. The molecule has 32 heavy (non-hydrogen) atoms. The molecule has 1 heterocycles. The van der Waals surface area contributed by atoms with Gasteiger partial charge in [-0.25, -0.2) is 0 Å². The zero-order valence-corrected chi connectivity index (χ0v) is 17.4. The van der Waals surface area contributed by atoms with Crippen molar-refractivity contribution in [2.24, 2.45) is 0 Å². The molecule has 0 N–H and O–H groups in total. The molecule has 0 unspecified atom stereocenters. The molecule has 6 nitrogen and oxygen atoms in total. The van der Waals surface area contributed by atoms with Gasteiger partial charge in [0.15, 0.2) is 18.1 Å². The summed E-state index contributed by atoms with van der Waals surface area (Å²) in [6, 6.07) is 24.1. The number of carbonyl (C=O) groups is 1. The first-order chi connectivity index (χ1) is 15.7. The Labute approximate surface area is 186 Å². The quantitative estimate of drug-likeness (QED) is 0.558. The van der Waals surface area contributed by atoms with Gasteiger partial charge in [0, 0.05) is 18.3 Å². The summed E-state index contributed by atoms with van der Waals surface area (Å²) in [6.45, 7) is 1.21. The number of benzene rings is 3. The molecule has 4 rings (SSSR count). The average molecular weight is 426 g/mol. The van der Waals surface area contributed by atoms with Gasteiger partial charge in [0.25, 0.3) is 5.91 Å². The van der Waals surface area contributed by atoms with Gasteiger partial charge in [-0.3, -0.25) is 4.79 Å². The van der Waals surface area contributed by atoms with E-state index in [1.807, 2.05) is 60.7 Å². The van der Waals surface area contributed by atoms with Crippen LogP contribution in [0.4, 0.5) is 5.69 Å². The summed E-state index contributed by atoms with van der Waals surface area (Å²) in [5, 5.41) is 8.92. The van der Waals surface area contributed by atoms with E-state index < -0.39 is 0 Å². The smallest absolute Gasteiger partial charge is 0.265 e. The maximum atomic E-state index is 13.1. The Morgan fingerprint density at radius 2 is 1.75 bits per heavy atom. The highest BCUT2D eigenvalue weighted by Gasteiger charge is 2.19. The van der Waals surface area contributed by atoms with E-state index in [4.69, 9.17) is 19.5 Å². The molecule has 3 aromatic rings. The van der Waals surface area contributed by atoms with E-state index in [-0.39, 0.29) is 12.5 Å². The van der Waals surface area contributed by atoms with E-state index in [2.05, 4.69) is 6.07 Å². The number of amides is 1. The Balaban J connectivity index is 1.51. The molecule has 0 saturated carbocycles. The number of nitriles is 1. The predicted octanol–water partition coefficient (Wildman–Crippen LogP) is 4.45. The molecule has 1 amide bonds. The average Bonchev–Trinajstić information content (AvgIpc) is 2.86. The van der Waals surface area contributed by atoms with Crippen LogP contribution in [0, 0.1) is 11.3 Å². The van der Waals surface area contributed by atoms with E-state index in [9.17, 15) is 4.79 Å². The van der Waals surface area contributed by atoms with Crippen LogP contribution in [0.1, 0.15) is 11.1 Å². The predicted molar refractivity (Wildman–Crippen MR) is 122 cm³/mol. The summed E-state index contributed by atoms with van der Waals surface area (Å²) in [5.74, 6) is 1.61. The molecule has 0 atom stereocenters. The zero-order chi connectivity index (χ0) is 22.2. The van der Waals surface area contributed by atoms with Crippen LogP contribution in [-0.4, -0.2) is 32.3 Å². The molecule has 0 aliphatic carbocycles. The lowest BCUT2D eigenvalue weighted by Crippen LogP contribution is -2.35. The second-order valence-corrected chi connectivity index (χ2v) is 7.07. The van der Waals surface area contributed by atoms with Crippen LogP contribution in [0.2, 0.25) is 0 Å². The fourth-order valence-electron chi connectivity index (χ4n) is 3.26. The van der Waals surface area contributed by atoms with Crippen LogP contribution >= 0.6 is 0 Å². The van der Waals surface area contributed by atoms with Crippen molar-refractivity contribution in [3.05, 3.63) is 90.0 Å². The lowest BCUT2D eigenvalue weighted by Gasteiger charge is -2.24. The normalized spacial score (nSPS) is 12.2. The minimum Gasteiger partial charge on any atom is -0.486 e. The topological polar surface area (TPSA) is 71.8 Å². The molecule has 0 spiro atoms. The van der Waals surface area contributed by atoms with Crippen molar-refractivity contribution < 1.29 is 19.0 Å². The van der Waals surface area contributed by atoms with Gasteiger partial charge in [0.2, 0.25) is 0 Å². The van der Waals surface area contributed by atoms with Gasteiger partial charge in [-0.15, -0.1) is 0 Å². The highest BCUT2D eigenvalue weighted by atomic mass is 16.6. The molecule has 0 radical (unpaired) electrons. The molecule has 0 fully saturated rings. The standard InChI is InChI=1S/C26H22N2O4/c27-18-21-8-11-23(12-9-21)32-19-26(29)28(14-4-7-20-5-2-1-3-6-20)22-10-13-24-25(17-22)31-16-15-30-24/h1-13,17H,14-16,19H2/b7-4+. The van der Waals surface area contributed by atoms with Crippen molar-refractivity contribution >= 4 is 17.7 Å². The zero-order valence-electron chi connectivity index (χ0n) is 17.4. The third-order valence-electron chi connectivity index (χ3n) is 4.88. The Morgan fingerprint density at radius 3 is 2.50 bits per heavy atom. The SMILES string of the molecule is N#Cc1ccc(OCC(=O)N(C/C=C/c2ccccc2)c2ccc3c(c2)OCCO3)cc1. The Kier molecular flexibility index (Phi) is 6.69. The minimum absolute atomic E-state index is 0.139. The van der Waals surface area contributed by atoms with E-state index in [0.29, 0.717) is 48.3 Å². The van der Waals surface area contributed by atoms with E-state index in [1.54, 1.807) is 29.2 Å². The monoisotopic (exact) mass is 426 g/mol. The van der Waals surface area contributed by atoms with Crippen LogP contribution in [0.15, 0.2) is 78.9 Å². The van der Waals surface area contributed by atoms with Gasteiger partial charge >= 0.3 is 0 Å². The molecule has 3 aromatic carbocycles. The summed E-state index contributed by atoms with van der Waals surface area (Å²) in [6.07, 6.45) is 3.91. The Hall–Kier alpha value is -4.24.